The lowest BCUT2D eigenvalue weighted by Gasteiger charge is -2.27. The number of rotatable bonds is 16. The van der Waals surface area contributed by atoms with Gasteiger partial charge in [-0.2, -0.15) is 0 Å². The summed E-state index contributed by atoms with van der Waals surface area (Å²) in [5.74, 6) is -0.561. The monoisotopic (exact) mass is 810 g/mol. The number of benzene rings is 6. The summed E-state index contributed by atoms with van der Waals surface area (Å²) in [6.45, 7) is 0. The van der Waals surface area contributed by atoms with Crippen LogP contribution in [0, 0.1) is 0 Å². The van der Waals surface area contributed by atoms with Gasteiger partial charge in [-0.05, 0) is 85.5 Å². The molecule has 7 heteroatoms. The van der Waals surface area contributed by atoms with E-state index < -0.39 is 18.8 Å². The van der Waals surface area contributed by atoms with Crippen LogP contribution in [0.4, 0.5) is 0 Å². The Labute approximate surface area is 333 Å². The number of aromatic hydroxyl groups is 1. The van der Waals surface area contributed by atoms with Crippen LogP contribution in [0.15, 0.2) is 161 Å². The molecular weight excluding hydrogens is 767 g/mol. The number of hydrogen-bond acceptors (Lipinski definition) is 5. The number of halogens is 1. The summed E-state index contributed by atoms with van der Waals surface area (Å²) in [4.78, 5) is 39.2. The van der Waals surface area contributed by atoms with Gasteiger partial charge in [-0.3, -0.25) is 14.4 Å². The predicted octanol–water partition coefficient (Wildman–Crippen LogP) is 7.14. The van der Waals surface area contributed by atoms with Gasteiger partial charge in [0.25, 0.3) is 0 Å². The van der Waals surface area contributed by atoms with Crippen LogP contribution in [0.1, 0.15) is 61.7 Å². The summed E-state index contributed by atoms with van der Waals surface area (Å²) in [6, 6.07) is 49.5. The Morgan fingerprint density at radius 1 is 0.564 bits per heavy atom. The molecule has 2 aliphatic rings. The minimum atomic E-state index is -1.81. The van der Waals surface area contributed by atoms with E-state index in [4.69, 9.17) is 4.42 Å². The minimum absolute atomic E-state index is 0. The van der Waals surface area contributed by atoms with E-state index in [0.29, 0.717) is 45.4 Å². The predicted molar refractivity (Wildman–Crippen MR) is 222 cm³/mol. The van der Waals surface area contributed by atoms with Gasteiger partial charge >= 0.3 is 0 Å². The Bertz CT molecular complexity index is 2300. The van der Waals surface area contributed by atoms with E-state index in [9.17, 15) is 19.5 Å². The zero-order valence-corrected chi connectivity index (χ0v) is 33.2. The molecule has 55 heavy (non-hydrogen) atoms. The fourth-order valence-corrected chi connectivity index (χ4v) is 12.1. The largest absolute Gasteiger partial charge is 1.00 e. The Hall–Kier alpha value is -5.16. The van der Waals surface area contributed by atoms with E-state index in [2.05, 4.69) is 91.0 Å². The van der Waals surface area contributed by atoms with Crippen molar-refractivity contribution < 1.29 is 36.1 Å². The third-order valence-corrected chi connectivity index (χ3v) is 14.9. The molecule has 0 unspecified atom stereocenters. The number of unbranched alkanes of at least 4 members (excludes halogenated alkanes) is 6. The van der Waals surface area contributed by atoms with Crippen molar-refractivity contribution in [2.24, 2.45) is 0 Å². The van der Waals surface area contributed by atoms with Crippen molar-refractivity contribution >= 4 is 45.7 Å². The average Bonchev–Trinajstić information content (AvgIpc) is 3.21. The van der Waals surface area contributed by atoms with Crippen molar-refractivity contribution in [2.75, 3.05) is 6.16 Å². The van der Waals surface area contributed by atoms with Crippen LogP contribution in [0.3, 0.4) is 0 Å². The Morgan fingerprint density at radius 3 is 1.73 bits per heavy atom. The number of hydrogen-bond donors (Lipinski definition) is 1. The van der Waals surface area contributed by atoms with Crippen molar-refractivity contribution in [1.29, 1.82) is 0 Å². The van der Waals surface area contributed by atoms with Gasteiger partial charge in [0.15, 0.2) is 5.43 Å². The molecular formula is C48H44BrO5P. The van der Waals surface area contributed by atoms with Gasteiger partial charge < -0.3 is 26.5 Å². The molecule has 0 saturated heterocycles. The van der Waals surface area contributed by atoms with Gasteiger partial charge in [0, 0.05) is 40.6 Å². The van der Waals surface area contributed by atoms with Crippen LogP contribution >= 0.6 is 7.26 Å². The first-order valence-corrected chi connectivity index (χ1v) is 20.8. The summed E-state index contributed by atoms with van der Waals surface area (Å²) in [5.41, 5.74) is 2.39. The van der Waals surface area contributed by atoms with E-state index in [-0.39, 0.29) is 34.6 Å². The van der Waals surface area contributed by atoms with Crippen molar-refractivity contribution in [3.8, 4) is 28.2 Å². The summed E-state index contributed by atoms with van der Waals surface area (Å²) in [5, 5.41) is 15.1. The highest BCUT2D eigenvalue weighted by Gasteiger charge is 2.44. The van der Waals surface area contributed by atoms with Gasteiger partial charge in [-0.15, -0.1) is 0 Å². The topological polar surface area (TPSA) is 84.6 Å². The smallest absolute Gasteiger partial charge is 0.229 e. The molecule has 0 radical (unpaired) electrons. The molecule has 278 valence electrons. The molecule has 0 bridgehead atoms. The van der Waals surface area contributed by atoms with Gasteiger partial charge in [-0.25, -0.2) is 0 Å². The van der Waals surface area contributed by atoms with E-state index >= 15 is 0 Å². The Kier molecular flexibility index (Phi) is 13.3. The molecule has 0 aromatic heterocycles. The number of ketones is 2. The molecule has 1 aliphatic carbocycles. The fourth-order valence-electron chi connectivity index (χ4n) is 7.71. The average molecular weight is 812 g/mol. The van der Waals surface area contributed by atoms with Crippen LogP contribution in [0.25, 0.3) is 33.4 Å². The van der Waals surface area contributed by atoms with Crippen LogP contribution < -0.4 is 38.3 Å². The molecule has 0 amide bonds. The molecule has 0 fully saturated rings. The highest BCUT2D eigenvalue weighted by atomic mass is 79.9. The van der Waals surface area contributed by atoms with Gasteiger partial charge in [0.1, 0.15) is 40.3 Å². The van der Waals surface area contributed by atoms with Gasteiger partial charge in [0.2, 0.25) is 11.6 Å². The first-order chi connectivity index (χ1) is 26.5. The van der Waals surface area contributed by atoms with Crippen molar-refractivity contribution in [2.45, 2.75) is 51.4 Å². The lowest BCUT2D eigenvalue weighted by molar-refractivity contribution is -0.115. The lowest BCUT2D eigenvalue weighted by Crippen LogP contribution is -3.00. The molecule has 5 aromatic carbocycles. The maximum atomic E-state index is 13.7. The molecule has 1 heterocycles. The highest BCUT2D eigenvalue weighted by Crippen LogP contribution is 2.56. The van der Waals surface area contributed by atoms with Crippen LogP contribution in [-0.4, -0.2) is 22.8 Å². The van der Waals surface area contributed by atoms with E-state index in [1.807, 2.05) is 12.1 Å². The van der Waals surface area contributed by atoms with Crippen molar-refractivity contribution in [3.05, 3.63) is 167 Å². The minimum Gasteiger partial charge on any atom is -1.00 e. The van der Waals surface area contributed by atoms with Crippen LogP contribution in [0.5, 0.6) is 5.75 Å². The second kappa shape index (κ2) is 18.4. The first-order valence-electron chi connectivity index (χ1n) is 18.9. The summed E-state index contributed by atoms with van der Waals surface area (Å²) in [7, 11) is -1.81. The number of carbonyl (C=O) groups excluding carboxylic acids is 2. The maximum Gasteiger partial charge on any atom is 0.229 e. The van der Waals surface area contributed by atoms with Gasteiger partial charge in [0.05, 0.1) is 6.16 Å². The summed E-state index contributed by atoms with van der Waals surface area (Å²) >= 11 is 0. The fraction of sp³-hybridized carbons (Fsp3) is 0.188. The molecule has 7 rings (SSSR count). The third-order valence-electron chi connectivity index (χ3n) is 10.4. The van der Waals surface area contributed by atoms with Crippen LogP contribution in [0.2, 0.25) is 0 Å². The highest BCUT2D eigenvalue weighted by molar-refractivity contribution is 7.95. The quantitative estimate of drug-likeness (QED) is 0.0369. The van der Waals surface area contributed by atoms with E-state index in [1.165, 1.54) is 34.1 Å². The van der Waals surface area contributed by atoms with Crippen LogP contribution in [-0.2, 0) is 4.79 Å². The van der Waals surface area contributed by atoms with Crippen molar-refractivity contribution in [3.63, 3.8) is 0 Å². The maximum absolute atomic E-state index is 13.7. The molecule has 1 N–H and O–H groups in total. The zero-order chi connectivity index (χ0) is 37.3. The Morgan fingerprint density at radius 2 is 1.11 bits per heavy atom. The molecule has 0 saturated carbocycles. The molecule has 5 nitrogen and oxygen atoms in total. The summed E-state index contributed by atoms with van der Waals surface area (Å²) < 4.78 is 5.98. The molecule has 0 spiro atoms. The van der Waals surface area contributed by atoms with Crippen molar-refractivity contribution in [1.82, 2.24) is 0 Å². The van der Waals surface area contributed by atoms with E-state index in [1.54, 1.807) is 30.3 Å². The Balaban J connectivity index is 0.00000514. The second-order valence-electron chi connectivity index (χ2n) is 13.9. The van der Waals surface area contributed by atoms with Gasteiger partial charge in [-0.1, -0.05) is 105 Å². The SMILES string of the molecule is O=C(CCCCCCCCC[P+](c1ccccc1)(c1ccccc1)c1ccccc1)C(=O)c1ccccc1-c1c2ccc(=O)cc-2oc2cc(O)ccc12.[Br-]. The second-order valence-corrected chi connectivity index (χ2v) is 17.5. The normalized spacial score (nSPS) is 11.3. The molecule has 0 atom stereocenters. The molecule has 1 aliphatic heterocycles. The zero-order valence-electron chi connectivity index (χ0n) is 30.7. The third kappa shape index (κ3) is 8.72. The number of Topliss-reactive ketones (excluding diaryl/α,β-unsaturated/α-hetero) is 2. The lowest BCUT2D eigenvalue weighted by atomic mass is 9.88. The number of phenols is 1. The number of fused-ring (bicyclic) bond motifs is 2. The standard InChI is InChI=1S/C48H43O5P.BrH/c49-35-28-30-42-45(33-35)53-46-34-36(50)29-31-43(46)47(42)40-25-16-17-26-41(40)48(52)44(51)27-15-4-2-1-3-5-18-32-54(37-19-9-6-10-20-37,38-21-11-7-12-22-38)39-23-13-8-14-24-39;/h6-14,16-17,19-26,28-31,33-34H,1-5,15,18,27,32H2;1H. The molecule has 5 aromatic rings. The summed E-state index contributed by atoms with van der Waals surface area (Å²) in [6.07, 6.45) is 8.42. The number of carbonyl (C=O) groups is 2. The number of phenolic OH excluding ortho intramolecular Hbond substituents is 1. The van der Waals surface area contributed by atoms with E-state index in [0.717, 1.165) is 44.7 Å². The first kappa shape index (κ1) is 39.5.